The van der Waals surface area contributed by atoms with Gasteiger partial charge in [-0.1, -0.05) is 121 Å². The van der Waals surface area contributed by atoms with Gasteiger partial charge in [0.15, 0.2) is 0 Å². The van der Waals surface area contributed by atoms with Crippen molar-refractivity contribution in [2.75, 3.05) is 25.5 Å². The van der Waals surface area contributed by atoms with Crippen molar-refractivity contribution in [2.24, 2.45) is 0 Å². The van der Waals surface area contributed by atoms with Crippen LogP contribution in [0, 0.1) is 0 Å². The van der Waals surface area contributed by atoms with Crippen LogP contribution in [-0.4, -0.2) is 63.5 Å². The van der Waals surface area contributed by atoms with Crippen molar-refractivity contribution in [1.82, 2.24) is 30.0 Å². The van der Waals surface area contributed by atoms with E-state index in [1.807, 2.05) is 71.7 Å². The van der Waals surface area contributed by atoms with E-state index in [0.29, 0.717) is 18.7 Å². The highest BCUT2D eigenvalue weighted by Crippen LogP contribution is 2.42. The van der Waals surface area contributed by atoms with E-state index in [2.05, 4.69) is 98.4 Å². The van der Waals surface area contributed by atoms with E-state index in [-0.39, 0.29) is 13.2 Å². The number of benzene rings is 5. The van der Waals surface area contributed by atoms with Crippen molar-refractivity contribution in [2.45, 2.75) is 31.2 Å². The monoisotopic (exact) mass is 761 g/mol. The van der Waals surface area contributed by atoms with E-state index in [1.165, 1.54) is 7.11 Å². The van der Waals surface area contributed by atoms with Crippen LogP contribution in [0.2, 0.25) is 0 Å². The van der Waals surface area contributed by atoms with E-state index in [9.17, 15) is 14.4 Å². The quantitative estimate of drug-likeness (QED) is 0.0557. The van der Waals surface area contributed by atoms with Crippen LogP contribution in [0.3, 0.4) is 0 Å². The molecule has 0 saturated heterocycles. The number of esters is 1. The highest BCUT2D eigenvalue weighted by atomic mass is 16.6. The summed E-state index contributed by atoms with van der Waals surface area (Å²) in [5.74, 6) is -0.401. The summed E-state index contributed by atoms with van der Waals surface area (Å²) in [7, 11) is 1.21. The van der Waals surface area contributed by atoms with Crippen molar-refractivity contribution in [3.8, 4) is 0 Å². The lowest BCUT2D eigenvalue weighted by Gasteiger charge is -2.38. The summed E-state index contributed by atoms with van der Waals surface area (Å²) in [6.45, 7) is 1.08. The number of ether oxygens (including phenoxy) is 2. The average Bonchev–Trinajstić information content (AvgIpc) is 3.91. The molecular weight excluding hydrogens is 719 g/mol. The molecular formula is C45H43N7O5. The minimum atomic E-state index is -1.15. The minimum Gasteiger partial charge on any atom is -0.467 e. The predicted molar refractivity (Wildman–Crippen MR) is 218 cm³/mol. The molecule has 0 aliphatic carbocycles. The Bertz CT molecular complexity index is 2300. The van der Waals surface area contributed by atoms with Crippen LogP contribution < -0.4 is 16.0 Å². The summed E-state index contributed by atoms with van der Waals surface area (Å²) in [4.78, 5) is 42.7. The molecule has 1 atom stereocenters. The lowest BCUT2D eigenvalue weighted by Crippen LogP contribution is -2.49. The molecule has 7 rings (SSSR count). The number of rotatable bonds is 16. The smallest absolute Gasteiger partial charge is 0.408 e. The Morgan fingerprint density at radius 3 is 2.02 bits per heavy atom. The molecule has 2 heterocycles. The summed E-state index contributed by atoms with van der Waals surface area (Å²) < 4.78 is 14.2. The number of nitrogens with one attached hydrogen (secondary N) is 3. The van der Waals surface area contributed by atoms with Crippen LogP contribution in [0.1, 0.15) is 39.0 Å². The van der Waals surface area contributed by atoms with Gasteiger partial charge in [0.05, 0.1) is 18.8 Å². The fraction of sp³-hybridized carbons (Fsp3) is 0.178. The third-order valence-corrected chi connectivity index (χ3v) is 9.77. The maximum atomic E-state index is 13.1. The topological polar surface area (TPSA) is 141 Å². The molecule has 12 heteroatoms. The largest absolute Gasteiger partial charge is 0.467 e. The summed E-state index contributed by atoms with van der Waals surface area (Å²) in [5, 5.41) is 14.2. The summed E-state index contributed by atoms with van der Waals surface area (Å²) in [5.41, 5.74) is 4.69. The van der Waals surface area contributed by atoms with Gasteiger partial charge in [-0.25, -0.2) is 14.6 Å². The fourth-order valence-corrected chi connectivity index (χ4v) is 7.04. The molecule has 2 aromatic heterocycles. The van der Waals surface area contributed by atoms with E-state index >= 15 is 0 Å². The third-order valence-electron chi connectivity index (χ3n) is 9.77. The number of hydrogen-bond acceptors (Lipinski definition) is 8. The zero-order valence-electron chi connectivity index (χ0n) is 31.5. The van der Waals surface area contributed by atoms with Crippen LogP contribution in [0.5, 0.6) is 0 Å². The highest BCUT2D eigenvalue weighted by Gasteiger charge is 2.39. The van der Waals surface area contributed by atoms with Gasteiger partial charge in [-0.2, -0.15) is 5.10 Å². The molecule has 0 aliphatic rings. The number of carbonyl (C=O) groups is 3. The number of hydrogen-bond donors (Lipinski definition) is 3. The first-order valence-electron chi connectivity index (χ1n) is 18.7. The molecule has 0 saturated carbocycles. The molecule has 57 heavy (non-hydrogen) atoms. The molecule has 2 amide bonds. The van der Waals surface area contributed by atoms with Crippen molar-refractivity contribution in [3.63, 3.8) is 0 Å². The lowest BCUT2D eigenvalue weighted by molar-refractivity contribution is -0.142. The number of anilines is 1. The number of fused-ring (bicyclic) bond motifs is 1. The Hall–Kier alpha value is -7.21. The van der Waals surface area contributed by atoms with Gasteiger partial charge in [-0.15, -0.1) is 0 Å². The fourth-order valence-electron chi connectivity index (χ4n) is 7.04. The number of carbonyl (C=O) groups excluding carboxylic acids is 3. The molecule has 0 fully saturated rings. The first-order chi connectivity index (χ1) is 28.0. The van der Waals surface area contributed by atoms with E-state index < -0.39 is 29.6 Å². The summed E-state index contributed by atoms with van der Waals surface area (Å²) in [6.07, 6.45) is 5.52. The van der Waals surface area contributed by atoms with Gasteiger partial charge >= 0.3 is 12.1 Å². The van der Waals surface area contributed by atoms with Gasteiger partial charge in [-0.05, 0) is 46.9 Å². The number of nitrogens with zero attached hydrogens (tertiary/aromatic N) is 4. The molecule has 7 aromatic rings. The van der Waals surface area contributed by atoms with Crippen molar-refractivity contribution in [1.29, 1.82) is 0 Å². The zero-order chi connectivity index (χ0) is 39.5. The number of imidazole rings is 1. The minimum absolute atomic E-state index is 0.0292. The van der Waals surface area contributed by atoms with Crippen LogP contribution in [0.15, 0.2) is 158 Å². The highest BCUT2D eigenvalue weighted by molar-refractivity contribution is 5.98. The number of aryl methyl sites for hydroxylation is 1. The first kappa shape index (κ1) is 38.1. The molecule has 0 aliphatic heterocycles. The molecule has 0 unspecified atom stereocenters. The zero-order valence-corrected chi connectivity index (χ0v) is 31.5. The van der Waals surface area contributed by atoms with Gasteiger partial charge in [0.25, 0.3) is 5.91 Å². The van der Waals surface area contributed by atoms with E-state index in [0.717, 1.165) is 45.5 Å². The number of methoxy groups -OCH3 is 1. The predicted octanol–water partition coefficient (Wildman–Crippen LogP) is 6.77. The van der Waals surface area contributed by atoms with E-state index in [1.54, 1.807) is 18.3 Å². The van der Waals surface area contributed by atoms with Crippen molar-refractivity contribution in [3.05, 3.63) is 186 Å². The normalized spacial score (nSPS) is 11.7. The first-order valence-corrected chi connectivity index (χ1v) is 18.7. The van der Waals surface area contributed by atoms with Crippen LogP contribution in [-0.2, 0) is 33.0 Å². The lowest BCUT2D eigenvalue weighted by atomic mass is 9.76. The van der Waals surface area contributed by atoms with Gasteiger partial charge in [-0.3, -0.25) is 14.0 Å². The maximum absolute atomic E-state index is 13.1. The second kappa shape index (κ2) is 17.9. The van der Waals surface area contributed by atoms with Gasteiger partial charge in [0.2, 0.25) is 5.95 Å². The second-order valence-corrected chi connectivity index (χ2v) is 13.3. The molecule has 5 aromatic carbocycles. The van der Waals surface area contributed by atoms with Gasteiger partial charge in [0, 0.05) is 43.0 Å². The maximum Gasteiger partial charge on any atom is 0.408 e. The standard InChI is InChI=1S/C45H43N7O5/c1-56-42(54)39(50-44(55)57-32-33-15-6-2-7-16-33)31-48-41(53)34-23-24-40-35(29-34)30-49-52(40)27-14-25-46-43-47-26-28-51(43)45(36-17-8-3-9-18-36,37-19-10-4-11-20-37)38-21-12-5-13-22-38/h2-13,15-24,26,28-30,39H,14,25,27,31-32H2,1H3,(H,46,47)(H,48,53)(H,50,55)/t39-/m0/s1. The number of amides is 2. The van der Waals surface area contributed by atoms with Crippen molar-refractivity contribution < 1.29 is 23.9 Å². The van der Waals surface area contributed by atoms with E-state index in [4.69, 9.17) is 14.5 Å². The Kier molecular flexibility index (Phi) is 12.0. The molecule has 0 bridgehead atoms. The second-order valence-electron chi connectivity index (χ2n) is 13.3. The Morgan fingerprint density at radius 2 is 1.40 bits per heavy atom. The SMILES string of the molecule is COC(=O)[C@H](CNC(=O)c1ccc2c(cnn2CCCNc2nccn2C(c2ccccc2)(c2ccccc2)c2ccccc2)c1)NC(=O)OCc1ccccc1. The molecule has 0 spiro atoms. The molecule has 3 N–H and O–H groups in total. The molecule has 0 radical (unpaired) electrons. The van der Waals surface area contributed by atoms with Gasteiger partial charge < -0.3 is 25.4 Å². The van der Waals surface area contributed by atoms with Crippen LogP contribution >= 0.6 is 0 Å². The van der Waals surface area contributed by atoms with Gasteiger partial charge in [0.1, 0.15) is 18.2 Å². The van der Waals surface area contributed by atoms with Crippen molar-refractivity contribution >= 4 is 34.8 Å². The Balaban J connectivity index is 0.993. The Labute approximate surface area is 330 Å². The number of aromatic nitrogens is 4. The molecule has 288 valence electrons. The number of alkyl carbamates (subject to hydrolysis) is 1. The Morgan fingerprint density at radius 1 is 0.789 bits per heavy atom. The summed E-state index contributed by atoms with van der Waals surface area (Å²) >= 11 is 0. The van der Waals surface area contributed by atoms with Crippen LogP contribution in [0.4, 0.5) is 10.7 Å². The summed E-state index contributed by atoms with van der Waals surface area (Å²) in [6, 6.07) is 44.7. The average molecular weight is 762 g/mol. The molecule has 12 nitrogen and oxygen atoms in total. The van der Waals surface area contributed by atoms with Crippen LogP contribution in [0.25, 0.3) is 10.9 Å². The third kappa shape index (κ3) is 8.55.